The van der Waals surface area contributed by atoms with Crippen molar-refractivity contribution >= 4 is 19.9 Å². The normalized spacial score (nSPS) is 20.7. The Labute approximate surface area is 118 Å². The Balaban J connectivity index is 2.36. The van der Waals surface area contributed by atoms with Crippen LogP contribution in [0.1, 0.15) is 12.0 Å². The van der Waals surface area contributed by atoms with Crippen LogP contribution in [-0.2, 0) is 19.9 Å². The van der Waals surface area contributed by atoms with Gasteiger partial charge in [-0.3, -0.25) is 0 Å². The standard InChI is InChI=1S/C12H14N2O4S2/c1-19(15,16)11-6-7-14(9-11)20(17,18)12-5-3-2-4-10(12)8-13/h2-5,11H,6-7,9H2,1H3. The third-order valence-electron chi connectivity index (χ3n) is 3.34. The molecule has 2 rings (SSSR count). The minimum Gasteiger partial charge on any atom is -0.229 e. The summed E-state index contributed by atoms with van der Waals surface area (Å²) >= 11 is 0. The predicted octanol–water partition coefficient (Wildman–Crippen LogP) is 0.366. The largest absolute Gasteiger partial charge is 0.244 e. The van der Waals surface area contributed by atoms with Gasteiger partial charge in [-0.25, -0.2) is 16.8 Å². The van der Waals surface area contributed by atoms with Crippen molar-refractivity contribution in [3.05, 3.63) is 29.8 Å². The average Bonchev–Trinajstić information content (AvgIpc) is 2.88. The second-order valence-corrected chi connectivity index (χ2v) is 8.94. The minimum absolute atomic E-state index is 0.0546. The third-order valence-corrected chi connectivity index (χ3v) is 6.86. The molecule has 1 aromatic carbocycles. The summed E-state index contributed by atoms with van der Waals surface area (Å²) in [5.41, 5.74) is 0.0651. The van der Waals surface area contributed by atoms with E-state index >= 15 is 0 Å². The first-order valence-corrected chi connectivity index (χ1v) is 9.34. The predicted molar refractivity (Wildman–Crippen MR) is 73.2 cm³/mol. The molecule has 1 fully saturated rings. The van der Waals surface area contributed by atoms with Crippen LogP contribution in [0.3, 0.4) is 0 Å². The average molecular weight is 314 g/mol. The molecule has 0 amide bonds. The van der Waals surface area contributed by atoms with Gasteiger partial charge in [-0.2, -0.15) is 9.57 Å². The molecule has 1 saturated heterocycles. The van der Waals surface area contributed by atoms with Crippen molar-refractivity contribution in [2.75, 3.05) is 19.3 Å². The van der Waals surface area contributed by atoms with Crippen molar-refractivity contribution < 1.29 is 16.8 Å². The molecule has 0 aromatic heterocycles. The monoisotopic (exact) mass is 314 g/mol. The van der Waals surface area contributed by atoms with Gasteiger partial charge in [-0.15, -0.1) is 0 Å². The molecule has 0 aliphatic carbocycles. The van der Waals surface area contributed by atoms with E-state index in [4.69, 9.17) is 5.26 Å². The lowest BCUT2D eigenvalue weighted by Crippen LogP contribution is -2.32. The fourth-order valence-corrected chi connectivity index (χ4v) is 4.91. The van der Waals surface area contributed by atoms with Gasteiger partial charge in [-0.05, 0) is 18.6 Å². The molecule has 0 radical (unpaired) electrons. The SMILES string of the molecule is CS(=O)(=O)C1CCN(S(=O)(=O)c2ccccc2C#N)C1. The van der Waals surface area contributed by atoms with Crippen molar-refractivity contribution in [3.63, 3.8) is 0 Å². The number of nitriles is 1. The first-order chi connectivity index (χ1) is 9.26. The number of rotatable bonds is 3. The van der Waals surface area contributed by atoms with Crippen molar-refractivity contribution in [1.29, 1.82) is 5.26 Å². The van der Waals surface area contributed by atoms with Crippen LogP contribution >= 0.6 is 0 Å². The molecule has 20 heavy (non-hydrogen) atoms. The molecule has 1 aliphatic heterocycles. The fraction of sp³-hybridized carbons (Fsp3) is 0.417. The lowest BCUT2D eigenvalue weighted by molar-refractivity contribution is 0.476. The maximum Gasteiger partial charge on any atom is 0.244 e. The van der Waals surface area contributed by atoms with Crippen LogP contribution in [0, 0.1) is 11.3 Å². The van der Waals surface area contributed by atoms with Crippen LogP contribution in [-0.4, -0.2) is 45.7 Å². The molecule has 0 N–H and O–H groups in total. The Morgan fingerprint density at radius 2 is 1.90 bits per heavy atom. The van der Waals surface area contributed by atoms with Gasteiger partial charge in [0.25, 0.3) is 0 Å². The van der Waals surface area contributed by atoms with Gasteiger partial charge in [0.05, 0.1) is 15.7 Å². The zero-order valence-electron chi connectivity index (χ0n) is 10.9. The van der Waals surface area contributed by atoms with E-state index in [1.54, 1.807) is 6.07 Å². The summed E-state index contributed by atoms with van der Waals surface area (Å²) in [6.07, 6.45) is 1.39. The van der Waals surface area contributed by atoms with Gasteiger partial charge in [0.2, 0.25) is 10.0 Å². The molecular formula is C12H14N2O4S2. The van der Waals surface area contributed by atoms with Crippen molar-refractivity contribution in [2.45, 2.75) is 16.6 Å². The lowest BCUT2D eigenvalue weighted by atomic mass is 10.2. The number of sulfonamides is 1. The summed E-state index contributed by atoms with van der Waals surface area (Å²) in [5.74, 6) is 0. The molecule has 6 nitrogen and oxygen atoms in total. The second-order valence-electron chi connectivity index (χ2n) is 4.71. The molecule has 8 heteroatoms. The zero-order chi connectivity index (χ0) is 15.0. The molecule has 0 spiro atoms. The molecule has 1 aromatic rings. The number of nitrogens with zero attached hydrogens (tertiary/aromatic N) is 2. The highest BCUT2D eigenvalue weighted by molar-refractivity contribution is 7.91. The Kier molecular flexibility index (Phi) is 3.86. The van der Waals surface area contributed by atoms with E-state index in [0.717, 1.165) is 10.6 Å². The molecule has 0 bridgehead atoms. The van der Waals surface area contributed by atoms with Crippen LogP contribution in [0.25, 0.3) is 0 Å². The van der Waals surface area contributed by atoms with E-state index in [2.05, 4.69) is 0 Å². The van der Waals surface area contributed by atoms with Gasteiger partial charge in [0.15, 0.2) is 9.84 Å². The summed E-state index contributed by atoms with van der Waals surface area (Å²) in [7, 11) is -7.09. The maximum absolute atomic E-state index is 12.5. The Morgan fingerprint density at radius 1 is 1.25 bits per heavy atom. The number of benzene rings is 1. The van der Waals surface area contributed by atoms with Gasteiger partial charge in [-0.1, -0.05) is 12.1 Å². The minimum atomic E-state index is -3.83. The highest BCUT2D eigenvalue weighted by Crippen LogP contribution is 2.25. The summed E-state index contributed by atoms with van der Waals surface area (Å²) in [4.78, 5) is -0.0725. The molecule has 1 aliphatic rings. The van der Waals surface area contributed by atoms with Crippen molar-refractivity contribution in [2.24, 2.45) is 0 Å². The van der Waals surface area contributed by atoms with Crippen molar-refractivity contribution in [1.82, 2.24) is 4.31 Å². The summed E-state index contributed by atoms with van der Waals surface area (Å²) in [6, 6.07) is 7.76. The topological polar surface area (TPSA) is 95.3 Å². The maximum atomic E-state index is 12.5. The van der Waals surface area contributed by atoms with Gasteiger partial charge in [0, 0.05) is 19.3 Å². The summed E-state index contributed by atoms with van der Waals surface area (Å²) in [5, 5.41) is 8.30. The van der Waals surface area contributed by atoms with E-state index < -0.39 is 25.1 Å². The van der Waals surface area contributed by atoms with Gasteiger partial charge >= 0.3 is 0 Å². The van der Waals surface area contributed by atoms with E-state index in [1.165, 1.54) is 18.2 Å². The fourth-order valence-electron chi connectivity index (χ4n) is 2.19. The Hall–Kier alpha value is -1.43. The highest BCUT2D eigenvalue weighted by atomic mass is 32.2. The molecule has 1 unspecified atom stereocenters. The third kappa shape index (κ3) is 2.70. The molecule has 0 saturated carbocycles. The van der Waals surface area contributed by atoms with Crippen LogP contribution in [0.2, 0.25) is 0 Å². The zero-order valence-corrected chi connectivity index (χ0v) is 12.5. The van der Waals surface area contributed by atoms with E-state index in [-0.39, 0.29) is 30.0 Å². The number of hydrogen-bond acceptors (Lipinski definition) is 5. The molecule has 108 valence electrons. The molecule has 1 atom stereocenters. The first-order valence-electron chi connectivity index (χ1n) is 5.95. The smallest absolute Gasteiger partial charge is 0.229 e. The first kappa shape index (κ1) is 15.0. The van der Waals surface area contributed by atoms with Crippen LogP contribution in [0.5, 0.6) is 0 Å². The van der Waals surface area contributed by atoms with Crippen LogP contribution in [0.4, 0.5) is 0 Å². The van der Waals surface area contributed by atoms with E-state index in [0.29, 0.717) is 0 Å². The molecule has 1 heterocycles. The van der Waals surface area contributed by atoms with Crippen LogP contribution in [0.15, 0.2) is 29.2 Å². The molecular weight excluding hydrogens is 300 g/mol. The second kappa shape index (κ2) is 5.16. The van der Waals surface area contributed by atoms with Gasteiger partial charge < -0.3 is 0 Å². The highest BCUT2D eigenvalue weighted by Gasteiger charge is 2.37. The Morgan fingerprint density at radius 3 is 2.45 bits per heavy atom. The number of hydrogen-bond donors (Lipinski definition) is 0. The lowest BCUT2D eigenvalue weighted by Gasteiger charge is -2.17. The van der Waals surface area contributed by atoms with E-state index in [9.17, 15) is 16.8 Å². The summed E-state index contributed by atoms with van der Waals surface area (Å²) < 4.78 is 49.1. The number of sulfone groups is 1. The Bertz CT molecular complexity index is 763. The van der Waals surface area contributed by atoms with Gasteiger partial charge in [0.1, 0.15) is 6.07 Å². The summed E-state index contributed by atoms with van der Waals surface area (Å²) in [6.45, 7) is 0.0980. The quantitative estimate of drug-likeness (QED) is 0.803. The van der Waals surface area contributed by atoms with Crippen LogP contribution < -0.4 is 0 Å². The van der Waals surface area contributed by atoms with E-state index in [1.807, 2.05) is 6.07 Å². The van der Waals surface area contributed by atoms with Crippen molar-refractivity contribution in [3.8, 4) is 6.07 Å².